The van der Waals surface area contributed by atoms with E-state index in [4.69, 9.17) is 5.26 Å². The van der Waals surface area contributed by atoms with Gasteiger partial charge in [0.2, 0.25) is 0 Å². The molecule has 86 valence electrons. The van der Waals surface area contributed by atoms with Crippen LogP contribution in [0.15, 0.2) is 35.3 Å². The van der Waals surface area contributed by atoms with Crippen molar-refractivity contribution in [3.05, 3.63) is 46.4 Å². The van der Waals surface area contributed by atoms with Crippen LogP contribution in [-0.2, 0) is 0 Å². The van der Waals surface area contributed by atoms with Gasteiger partial charge in [0, 0.05) is 18.3 Å². The van der Waals surface area contributed by atoms with E-state index in [1.54, 1.807) is 28.8 Å². The van der Waals surface area contributed by atoms with Gasteiger partial charge in [0.05, 0.1) is 11.6 Å². The van der Waals surface area contributed by atoms with E-state index in [9.17, 15) is 4.79 Å². The maximum Gasteiger partial charge on any atom is 0.264 e. The number of H-pyrrole nitrogens is 1. The van der Waals surface area contributed by atoms with Crippen molar-refractivity contribution < 1.29 is 0 Å². The molecule has 3 aromatic rings. The summed E-state index contributed by atoms with van der Waals surface area (Å²) in [5.41, 5.74) is 1.29. The quantitative estimate of drug-likeness (QED) is 0.659. The maximum atomic E-state index is 10.9. The maximum absolute atomic E-state index is 10.9. The highest BCUT2D eigenvalue weighted by atomic mass is 16.1. The number of fused-ring (bicyclic) bond motifs is 1. The van der Waals surface area contributed by atoms with Crippen molar-refractivity contribution in [2.24, 2.45) is 0 Å². The summed E-state index contributed by atoms with van der Waals surface area (Å²) >= 11 is 0. The molecule has 0 saturated carbocycles. The van der Waals surface area contributed by atoms with Gasteiger partial charge >= 0.3 is 0 Å². The van der Waals surface area contributed by atoms with Crippen LogP contribution in [0.3, 0.4) is 0 Å². The summed E-state index contributed by atoms with van der Waals surface area (Å²) in [5.74, 6) is 0.505. The normalized spacial score (nSPS) is 10.4. The van der Waals surface area contributed by atoms with E-state index < -0.39 is 0 Å². The molecule has 0 aliphatic heterocycles. The highest BCUT2D eigenvalue weighted by molar-refractivity contribution is 5.56. The van der Waals surface area contributed by atoms with Crippen molar-refractivity contribution in [3.63, 3.8) is 0 Å². The first-order valence-corrected chi connectivity index (χ1v) is 5.09. The van der Waals surface area contributed by atoms with Crippen LogP contribution in [0.25, 0.3) is 17.2 Å². The topological polar surface area (TPSA) is 99.7 Å². The lowest BCUT2D eigenvalue weighted by Gasteiger charge is -1.98. The van der Waals surface area contributed by atoms with E-state index in [2.05, 4.69) is 20.4 Å². The summed E-state index contributed by atoms with van der Waals surface area (Å²) in [4.78, 5) is 10.9. The van der Waals surface area contributed by atoms with E-state index in [1.807, 2.05) is 6.07 Å². The molecule has 7 nitrogen and oxygen atoms in total. The number of hydrogen-bond donors (Lipinski definition) is 1. The zero-order valence-electron chi connectivity index (χ0n) is 9.03. The van der Waals surface area contributed by atoms with Crippen LogP contribution in [0.1, 0.15) is 5.56 Å². The van der Waals surface area contributed by atoms with Crippen LogP contribution in [0.5, 0.6) is 0 Å². The molecule has 0 aliphatic carbocycles. The number of rotatable bonds is 1. The molecule has 0 aliphatic rings. The first-order chi connectivity index (χ1) is 8.78. The molecule has 0 saturated heterocycles. The van der Waals surface area contributed by atoms with Crippen molar-refractivity contribution in [2.75, 3.05) is 0 Å². The number of nitriles is 1. The van der Waals surface area contributed by atoms with Crippen molar-refractivity contribution in [2.45, 2.75) is 0 Å². The van der Waals surface area contributed by atoms with Crippen molar-refractivity contribution >= 4 is 5.65 Å². The molecular formula is C11H6N6O. The van der Waals surface area contributed by atoms with E-state index >= 15 is 0 Å². The van der Waals surface area contributed by atoms with Gasteiger partial charge in [-0.25, -0.2) is 5.10 Å². The lowest BCUT2D eigenvalue weighted by molar-refractivity contribution is 0.969. The minimum Gasteiger partial charge on any atom is -0.281 e. The molecule has 3 heterocycles. The average Bonchev–Trinajstić information content (AvgIpc) is 2.82. The third-order valence-corrected chi connectivity index (χ3v) is 2.45. The van der Waals surface area contributed by atoms with Crippen LogP contribution in [0.4, 0.5) is 0 Å². The number of nitrogens with zero attached hydrogens (tertiary/aromatic N) is 5. The Morgan fingerprint density at radius 2 is 2.17 bits per heavy atom. The standard InChI is InChI=1S/C11H6N6O/c12-6-7-3-4-17-9(5-7)14-16-11(17)8-1-2-10(18)15-13-8/h1-5H,(H,15,18). The third-order valence-electron chi connectivity index (χ3n) is 2.45. The van der Waals surface area contributed by atoms with Gasteiger partial charge in [-0.15, -0.1) is 10.2 Å². The van der Waals surface area contributed by atoms with Gasteiger partial charge < -0.3 is 0 Å². The lowest BCUT2D eigenvalue weighted by Crippen LogP contribution is -2.06. The Kier molecular flexibility index (Phi) is 2.13. The fourth-order valence-corrected chi connectivity index (χ4v) is 1.60. The molecule has 0 bridgehead atoms. The van der Waals surface area contributed by atoms with Gasteiger partial charge in [0.25, 0.3) is 5.56 Å². The van der Waals surface area contributed by atoms with Gasteiger partial charge in [-0.1, -0.05) is 0 Å². The van der Waals surface area contributed by atoms with Crippen molar-refractivity contribution in [3.8, 4) is 17.6 Å². The van der Waals surface area contributed by atoms with Crippen LogP contribution in [-0.4, -0.2) is 24.8 Å². The lowest BCUT2D eigenvalue weighted by atomic mass is 10.3. The molecule has 18 heavy (non-hydrogen) atoms. The smallest absolute Gasteiger partial charge is 0.264 e. The fraction of sp³-hybridized carbons (Fsp3) is 0. The number of hydrogen-bond acceptors (Lipinski definition) is 5. The van der Waals surface area contributed by atoms with Gasteiger partial charge in [-0.2, -0.15) is 10.4 Å². The van der Waals surface area contributed by atoms with Crippen molar-refractivity contribution in [1.82, 2.24) is 24.8 Å². The van der Waals surface area contributed by atoms with Crippen LogP contribution < -0.4 is 5.56 Å². The highest BCUT2D eigenvalue weighted by Crippen LogP contribution is 2.14. The van der Waals surface area contributed by atoms with E-state index in [-0.39, 0.29) is 5.56 Å². The number of aromatic nitrogens is 5. The minimum absolute atomic E-state index is 0.278. The zero-order valence-corrected chi connectivity index (χ0v) is 9.03. The molecule has 0 unspecified atom stereocenters. The molecule has 3 aromatic heterocycles. The Labute approximate surface area is 100 Å². The Balaban J connectivity index is 2.22. The van der Waals surface area contributed by atoms with Crippen LogP contribution >= 0.6 is 0 Å². The molecule has 0 aromatic carbocycles. The summed E-state index contributed by atoms with van der Waals surface area (Å²) in [7, 11) is 0. The number of pyridine rings is 1. The second kappa shape index (κ2) is 3.78. The van der Waals surface area contributed by atoms with E-state index in [0.717, 1.165) is 0 Å². The predicted molar refractivity (Wildman–Crippen MR) is 61.6 cm³/mol. The molecular weight excluding hydrogens is 232 g/mol. The molecule has 0 radical (unpaired) electrons. The Hall–Kier alpha value is -3.01. The average molecular weight is 238 g/mol. The summed E-state index contributed by atoms with van der Waals surface area (Å²) in [5, 5.41) is 23.0. The molecule has 0 atom stereocenters. The summed E-state index contributed by atoms with van der Waals surface area (Å²) in [6, 6.07) is 8.25. The molecule has 7 heteroatoms. The Morgan fingerprint density at radius 1 is 1.28 bits per heavy atom. The Morgan fingerprint density at radius 3 is 2.89 bits per heavy atom. The molecule has 0 amide bonds. The fourth-order valence-electron chi connectivity index (χ4n) is 1.60. The minimum atomic E-state index is -0.278. The summed E-state index contributed by atoms with van der Waals surface area (Å²) < 4.78 is 1.70. The first-order valence-electron chi connectivity index (χ1n) is 5.09. The van der Waals surface area contributed by atoms with E-state index in [1.165, 1.54) is 6.07 Å². The molecule has 0 fully saturated rings. The molecule has 3 rings (SSSR count). The predicted octanol–water partition coefficient (Wildman–Crippen LogP) is 0.351. The van der Waals surface area contributed by atoms with Crippen LogP contribution in [0, 0.1) is 11.3 Å². The summed E-state index contributed by atoms with van der Waals surface area (Å²) in [6.45, 7) is 0. The van der Waals surface area contributed by atoms with Crippen molar-refractivity contribution in [1.29, 1.82) is 5.26 Å². The second-order valence-electron chi connectivity index (χ2n) is 3.59. The zero-order chi connectivity index (χ0) is 12.5. The summed E-state index contributed by atoms with van der Waals surface area (Å²) in [6.07, 6.45) is 1.69. The van der Waals surface area contributed by atoms with Gasteiger partial charge in [0.1, 0.15) is 5.69 Å². The van der Waals surface area contributed by atoms with Crippen LogP contribution in [0.2, 0.25) is 0 Å². The monoisotopic (exact) mass is 238 g/mol. The highest BCUT2D eigenvalue weighted by Gasteiger charge is 2.09. The van der Waals surface area contributed by atoms with E-state index in [0.29, 0.717) is 22.7 Å². The first kappa shape index (κ1) is 10.2. The number of nitrogens with one attached hydrogen (secondary N) is 1. The SMILES string of the molecule is N#Cc1ccn2c(-c3ccc(=O)[nH]n3)nnc2c1. The largest absolute Gasteiger partial charge is 0.281 e. The Bertz CT molecular complexity index is 805. The van der Waals surface area contributed by atoms with Gasteiger partial charge in [0.15, 0.2) is 11.5 Å². The second-order valence-corrected chi connectivity index (χ2v) is 3.59. The number of aromatic amines is 1. The van der Waals surface area contributed by atoms with Gasteiger partial charge in [-0.05, 0) is 12.1 Å². The molecule has 1 N–H and O–H groups in total. The third kappa shape index (κ3) is 1.53. The molecule has 0 spiro atoms. The van der Waals surface area contributed by atoms with Gasteiger partial charge in [-0.3, -0.25) is 9.20 Å².